The molecule has 0 bridgehead atoms. The van der Waals surface area contributed by atoms with Crippen LogP contribution in [0.3, 0.4) is 0 Å². The first-order chi connectivity index (χ1) is 11.7. The van der Waals surface area contributed by atoms with Crippen molar-refractivity contribution >= 4 is 23.3 Å². The second-order valence-corrected chi connectivity index (χ2v) is 6.78. The lowest BCUT2D eigenvalue weighted by Crippen LogP contribution is -2.39. The van der Waals surface area contributed by atoms with Gasteiger partial charge in [0.2, 0.25) is 5.91 Å². The summed E-state index contributed by atoms with van der Waals surface area (Å²) >= 11 is 0. The smallest absolute Gasteiger partial charge is 0.319 e. The van der Waals surface area contributed by atoms with E-state index in [0.717, 1.165) is 49.2 Å². The van der Waals surface area contributed by atoms with Gasteiger partial charge >= 0.3 is 6.03 Å². The second-order valence-electron chi connectivity index (χ2n) is 6.78. The number of carbonyl (C=O) groups excluding carboxylic acids is 2. The van der Waals surface area contributed by atoms with E-state index in [1.54, 1.807) is 0 Å². The fourth-order valence-corrected chi connectivity index (χ4v) is 3.72. The van der Waals surface area contributed by atoms with Gasteiger partial charge in [0.05, 0.1) is 0 Å². The van der Waals surface area contributed by atoms with Crippen LogP contribution in [-0.4, -0.2) is 24.5 Å². The van der Waals surface area contributed by atoms with Crippen molar-refractivity contribution in [2.45, 2.75) is 64.3 Å². The molecule has 0 atom stereocenters. The van der Waals surface area contributed by atoms with Gasteiger partial charge in [-0.3, -0.25) is 4.79 Å². The number of hydrogen-bond donors (Lipinski definition) is 2. The largest absolute Gasteiger partial charge is 0.335 e. The van der Waals surface area contributed by atoms with Gasteiger partial charge < -0.3 is 15.5 Å². The van der Waals surface area contributed by atoms with Crippen molar-refractivity contribution in [3.63, 3.8) is 0 Å². The van der Waals surface area contributed by atoms with Crippen molar-refractivity contribution < 1.29 is 9.59 Å². The summed E-state index contributed by atoms with van der Waals surface area (Å²) in [4.78, 5) is 26.1. The molecule has 0 saturated heterocycles. The maximum absolute atomic E-state index is 12.2. The Kier molecular flexibility index (Phi) is 5.38. The third kappa shape index (κ3) is 3.89. The molecule has 0 unspecified atom stereocenters. The predicted octanol–water partition coefficient (Wildman–Crippen LogP) is 3.83. The Hall–Kier alpha value is -2.04. The van der Waals surface area contributed by atoms with E-state index in [0.29, 0.717) is 12.5 Å². The molecule has 0 radical (unpaired) electrons. The van der Waals surface area contributed by atoms with Gasteiger partial charge in [0.1, 0.15) is 0 Å². The Morgan fingerprint density at radius 1 is 1.17 bits per heavy atom. The Morgan fingerprint density at radius 2 is 1.96 bits per heavy atom. The lowest BCUT2D eigenvalue weighted by Gasteiger charge is -2.29. The van der Waals surface area contributed by atoms with Gasteiger partial charge in [-0.2, -0.15) is 0 Å². The van der Waals surface area contributed by atoms with E-state index >= 15 is 0 Å². The average Bonchev–Trinajstić information content (AvgIpc) is 2.61. The number of nitrogens with zero attached hydrogens (tertiary/aromatic N) is 1. The van der Waals surface area contributed by atoms with Crippen LogP contribution in [0.5, 0.6) is 0 Å². The SMILES string of the molecule is CCC(=O)N1CCCc2cc(NC(=O)NC3CCCCC3)ccc21. The van der Waals surface area contributed by atoms with Crippen molar-refractivity contribution in [3.05, 3.63) is 23.8 Å². The monoisotopic (exact) mass is 329 g/mol. The summed E-state index contributed by atoms with van der Waals surface area (Å²) in [5, 5.41) is 6.01. The molecule has 5 heteroatoms. The van der Waals surface area contributed by atoms with Crippen LogP contribution in [0.1, 0.15) is 57.4 Å². The van der Waals surface area contributed by atoms with Crippen LogP contribution in [0, 0.1) is 0 Å². The Labute approximate surface area is 143 Å². The molecule has 2 aliphatic rings. The minimum absolute atomic E-state index is 0.126. The number of benzene rings is 1. The number of rotatable bonds is 3. The third-order valence-electron chi connectivity index (χ3n) is 5.00. The van der Waals surface area contributed by atoms with Crippen molar-refractivity contribution in [2.24, 2.45) is 0 Å². The zero-order chi connectivity index (χ0) is 16.9. The second kappa shape index (κ2) is 7.69. The summed E-state index contributed by atoms with van der Waals surface area (Å²) < 4.78 is 0. The molecule has 1 heterocycles. The number of nitrogens with one attached hydrogen (secondary N) is 2. The third-order valence-corrected chi connectivity index (χ3v) is 5.00. The molecular weight excluding hydrogens is 302 g/mol. The van der Waals surface area contributed by atoms with Crippen LogP contribution in [0.4, 0.5) is 16.2 Å². The number of carbonyl (C=O) groups is 2. The number of amides is 3. The van der Waals surface area contributed by atoms with E-state index < -0.39 is 0 Å². The molecule has 2 N–H and O–H groups in total. The first kappa shape index (κ1) is 16.8. The van der Waals surface area contributed by atoms with Crippen LogP contribution < -0.4 is 15.5 Å². The minimum atomic E-state index is -0.126. The van der Waals surface area contributed by atoms with Crippen LogP contribution >= 0.6 is 0 Å². The lowest BCUT2D eigenvalue weighted by molar-refractivity contribution is -0.118. The Morgan fingerprint density at radius 3 is 2.71 bits per heavy atom. The number of anilines is 2. The van der Waals surface area contributed by atoms with Crippen molar-refractivity contribution in [2.75, 3.05) is 16.8 Å². The molecule has 0 aromatic heterocycles. The van der Waals surface area contributed by atoms with Gasteiger partial charge in [0.15, 0.2) is 0 Å². The maximum atomic E-state index is 12.2. The average molecular weight is 329 g/mol. The molecule has 24 heavy (non-hydrogen) atoms. The molecule has 1 fully saturated rings. The number of fused-ring (bicyclic) bond motifs is 1. The standard InChI is InChI=1S/C19H27N3O2/c1-2-18(23)22-12-6-7-14-13-16(10-11-17(14)22)21-19(24)20-15-8-4-3-5-9-15/h10-11,13,15H,2-9,12H2,1H3,(H2,20,21,24). The minimum Gasteiger partial charge on any atom is -0.335 e. The molecule has 1 aromatic rings. The van der Waals surface area contributed by atoms with Crippen molar-refractivity contribution in [1.29, 1.82) is 0 Å². The van der Waals surface area contributed by atoms with E-state index in [2.05, 4.69) is 10.6 Å². The van der Waals surface area contributed by atoms with E-state index in [4.69, 9.17) is 0 Å². The Balaban J connectivity index is 1.65. The summed E-state index contributed by atoms with van der Waals surface area (Å²) in [6, 6.07) is 6.03. The fourth-order valence-electron chi connectivity index (χ4n) is 3.72. The molecular formula is C19H27N3O2. The van der Waals surface area contributed by atoms with Crippen LogP contribution in [0.15, 0.2) is 18.2 Å². The molecule has 3 amide bonds. The summed E-state index contributed by atoms with van der Waals surface area (Å²) in [6.45, 7) is 2.68. The molecule has 1 aliphatic heterocycles. The van der Waals surface area contributed by atoms with E-state index in [1.807, 2.05) is 30.0 Å². The highest BCUT2D eigenvalue weighted by Gasteiger charge is 2.22. The van der Waals surface area contributed by atoms with Crippen molar-refractivity contribution in [3.8, 4) is 0 Å². The molecule has 1 aliphatic carbocycles. The predicted molar refractivity (Wildman–Crippen MR) is 96.4 cm³/mol. The van der Waals surface area contributed by atoms with Gasteiger partial charge in [-0.15, -0.1) is 0 Å². The first-order valence-corrected chi connectivity index (χ1v) is 9.18. The fraction of sp³-hybridized carbons (Fsp3) is 0.579. The van der Waals surface area contributed by atoms with E-state index in [-0.39, 0.29) is 11.9 Å². The van der Waals surface area contributed by atoms with Crippen LogP contribution in [0.2, 0.25) is 0 Å². The zero-order valence-electron chi connectivity index (χ0n) is 14.4. The van der Waals surface area contributed by atoms with Gasteiger partial charge in [0, 0.05) is 30.4 Å². The van der Waals surface area contributed by atoms with Gasteiger partial charge in [-0.05, 0) is 49.4 Å². The van der Waals surface area contributed by atoms with Gasteiger partial charge in [0.25, 0.3) is 0 Å². The molecule has 1 aromatic carbocycles. The van der Waals surface area contributed by atoms with Gasteiger partial charge in [-0.25, -0.2) is 4.79 Å². The summed E-state index contributed by atoms with van der Waals surface area (Å²) in [5.74, 6) is 0.159. The lowest BCUT2D eigenvalue weighted by atomic mass is 9.96. The molecule has 1 saturated carbocycles. The van der Waals surface area contributed by atoms with E-state index in [9.17, 15) is 9.59 Å². The zero-order valence-corrected chi connectivity index (χ0v) is 14.4. The molecule has 130 valence electrons. The van der Waals surface area contributed by atoms with E-state index in [1.165, 1.54) is 19.3 Å². The quantitative estimate of drug-likeness (QED) is 0.885. The number of hydrogen-bond acceptors (Lipinski definition) is 2. The van der Waals surface area contributed by atoms with Crippen LogP contribution in [0.25, 0.3) is 0 Å². The van der Waals surface area contributed by atoms with Crippen molar-refractivity contribution in [1.82, 2.24) is 5.32 Å². The topological polar surface area (TPSA) is 61.4 Å². The molecule has 5 nitrogen and oxygen atoms in total. The highest BCUT2D eigenvalue weighted by molar-refractivity contribution is 5.95. The molecule has 0 spiro atoms. The first-order valence-electron chi connectivity index (χ1n) is 9.18. The number of urea groups is 1. The van der Waals surface area contributed by atoms with Crippen LogP contribution in [-0.2, 0) is 11.2 Å². The highest BCUT2D eigenvalue weighted by Crippen LogP contribution is 2.30. The summed E-state index contributed by atoms with van der Waals surface area (Å²) in [6.07, 6.45) is 8.26. The van der Waals surface area contributed by atoms with Gasteiger partial charge in [-0.1, -0.05) is 26.2 Å². The number of aryl methyl sites for hydroxylation is 1. The highest BCUT2D eigenvalue weighted by atomic mass is 16.2. The maximum Gasteiger partial charge on any atom is 0.319 e. The molecule has 3 rings (SSSR count). The summed E-state index contributed by atoms with van der Waals surface area (Å²) in [5.41, 5.74) is 2.93. The Bertz CT molecular complexity index is 609. The normalized spacial score (nSPS) is 18.0. The summed E-state index contributed by atoms with van der Waals surface area (Å²) in [7, 11) is 0.